The number of carbonyl (C=O) groups excluding carboxylic acids is 1. The summed E-state index contributed by atoms with van der Waals surface area (Å²) in [6.07, 6.45) is 4.54. The molecule has 5 atom stereocenters. The molecule has 7 nitrogen and oxygen atoms in total. The Labute approximate surface area is 207 Å². The topological polar surface area (TPSA) is 75.6 Å². The number of oxime groups is 1. The number of methoxy groups -OCH3 is 2. The summed E-state index contributed by atoms with van der Waals surface area (Å²) >= 11 is 0. The molecule has 1 aliphatic heterocycles. The fourth-order valence-corrected chi connectivity index (χ4v) is 3.94. The van der Waals surface area contributed by atoms with Gasteiger partial charge in [0.25, 0.3) is 6.29 Å². The van der Waals surface area contributed by atoms with Crippen LogP contribution in [0.15, 0.2) is 53.7 Å². The maximum absolute atomic E-state index is 11.4. The van der Waals surface area contributed by atoms with E-state index in [4.69, 9.17) is 23.8 Å². The van der Waals surface area contributed by atoms with Crippen LogP contribution in [0.5, 0.6) is 0 Å². The Morgan fingerprint density at radius 3 is 2.03 bits per heavy atom. The number of benzene rings is 2. The molecule has 1 heterocycles. The summed E-state index contributed by atoms with van der Waals surface area (Å²) in [5, 5.41) is 4.14. The summed E-state index contributed by atoms with van der Waals surface area (Å²) in [7, 11) is 3.24. The maximum Gasteiger partial charge on any atom is 0.256 e. The quantitative estimate of drug-likeness (QED) is 0.195. The van der Waals surface area contributed by atoms with E-state index >= 15 is 0 Å². The van der Waals surface area contributed by atoms with Crippen molar-refractivity contribution < 1.29 is 28.6 Å². The minimum Gasteiger partial charge on any atom is -0.376 e. The first-order chi connectivity index (χ1) is 17.0. The second-order valence-electron chi connectivity index (χ2n) is 8.46. The Morgan fingerprint density at radius 1 is 0.914 bits per heavy atom. The highest BCUT2D eigenvalue weighted by atomic mass is 16.8. The monoisotopic (exact) mass is 481 g/mol. The third kappa shape index (κ3) is 7.32. The fourth-order valence-electron chi connectivity index (χ4n) is 3.94. The molecule has 0 spiro atoms. The molecule has 1 fully saturated rings. The van der Waals surface area contributed by atoms with Gasteiger partial charge in [-0.15, -0.1) is 0 Å². The molecule has 0 aliphatic carbocycles. The molecule has 0 bridgehead atoms. The van der Waals surface area contributed by atoms with E-state index in [0.717, 1.165) is 23.1 Å². The smallest absolute Gasteiger partial charge is 0.256 e. The van der Waals surface area contributed by atoms with Crippen LogP contribution in [-0.4, -0.2) is 63.5 Å². The lowest BCUT2D eigenvalue weighted by Gasteiger charge is -2.42. The van der Waals surface area contributed by atoms with Gasteiger partial charge in [0.05, 0.1) is 12.3 Å². The highest BCUT2D eigenvalue weighted by Gasteiger charge is 2.47. The third-order valence-corrected chi connectivity index (χ3v) is 5.87. The van der Waals surface area contributed by atoms with Crippen molar-refractivity contribution in [1.29, 1.82) is 0 Å². The van der Waals surface area contributed by atoms with Gasteiger partial charge in [0.15, 0.2) is 11.9 Å². The molecular weight excluding hydrogens is 446 g/mol. The van der Waals surface area contributed by atoms with Crippen molar-refractivity contribution in [2.45, 2.75) is 57.9 Å². The van der Waals surface area contributed by atoms with Gasteiger partial charge < -0.3 is 23.8 Å². The minimum atomic E-state index is -0.712. The molecule has 1 aliphatic rings. The second kappa shape index (κ2) is 13.3. The predicted octanol–water partition coefficient (Wildman–Crippen LogP) is 4.98. The maximum atomic E-state index is 11.4. The number of ether oxygens (including phenoxy) is 4. The van der Waals surface area contributed by atoms with Crippen LogP contribution in [0.25, 0.3) is 12.2 Å². The zero-order valence-electron chi connectivity index (χ0n) is 21.0. The van der Waals surface area contributed by atoms with Gasteiger partial charge in [-0.1, -0.05) is 72.8 Å². The van der Waals surface area contributed by atoms with E-state index in [-0.39, 0.29) is 24.1 Å². The van der Waals surface area contributed by atoms with Crippen molar-refractivity contribution in [1.82, 2.24) is 0 Å². The van der Waals surface area contributed by atoms with E-state index in [2.05, 4.69) is 12.1 Å². The lowest BCUT2D eigenvalue weighted by molar-refractivity contribution is -0.308. The van der Waals surface area contributed by atoms with Crippen LogP contribution in [0, 0.1) is 0 Å². The molecule has 0 aromatic heterocycles. The van der Waals surface area contributed by atoms with Crippen molar-refractivity contribution in [2.24, 2.45) is 5.16 Å². The Bertz CT molecular complexity index is 986. The van der Waals surface area contributed by atoms with Gasteiger partial charge in [-0.2, -0.15) is 0 Å². The largest absolute Gasteiger partial charge is 0.376 e. The summed E-state index contributed by atoms with van der Waals surface area (Å²) < 4.78 is 23.2. The van der Waals surface area contributed by atoms with Crippen LogP contribution in [0.1, 0.15) is 54.2 Å². The highest BCUT2D eigenvalue weighted by molar-refractivity contribution is 5.94. The number of hydrogen-bond donors (Lipinski definition) is 0. The average Bonchev–Trinajstić information content (AvgIpc) is 2.87. The number of carbonyl (C=O) groups is 1. The van der Waals surface area contributed by atoms with E-state index < -0.39 is 12.4 Å². The van der Waals surface area contributed by atoms with Crippen LogP contribution < -0.4 is 0 Å². The predicted molar refractivity (Wildman–Crippen MR) is 136 cm³/mol. The molecule has 188 valence electrons. The van der Waals surface area contributed by atoms with Gasteiger partial charge in [0.1, 0.15) is 12.2 Å². The Hall–Kier alpha value is -2.84. The van der Waals surface area contributed by atoms with E-state index in [0.29, 0.717) is 12.2 Å². The van der Waals surface area contributed by atoms with Crippen LogP contribution in [0.2, 0.25) is 0 Å². The molecule has 0 amide bonds. The number of Topliss-reactive ketones (excluding diaryl/α,β-unsaturated/α-hetero) is 1. The average molecular weight is 482 g/mol. The minimum absolute atomic E-state index is 0.0629. The first-order valence-electron chi connectivity index (χ1n) is 11.9. The van der Waals surface area contributed by atoms with Gasteiger partial charge in [0, 0.05) is 26.4 Å². The van der Waals surface area contributed by atoms with E-state index in [1.165, 1.54) is 0 Å². The normalized spacial score (nSPS) is 24.8. The molecule has 2 aromatic carbocycles. The van der Waals surface area contributed by atoms with E-state index in [1.807, 2.05) is 67.6 Å². The lowest BCUT2D eigenvalue weighted by Crippen LogP contribution is -2.59. The van der Waals surface area contributed by atoms with Crippen molar-refractivity contribution in [3.05, 3.63) is 70.8 Å². The lowest BCUT2D eigenvalue weighted by atomic mass is 9.99. The van der Waals surface area contributed by atoms with Crippen molar-refractivity contribution in [3.63, 3.8) is 0 Å². The SMILES string of the molecule is CCCO[C@@H]1[C@@H](OC)[C@H](C)O[C@@H](ON=Cc2ccc(C=Cc3ccc(C(C)=O)cc3)cc2)[C@@H]1OC. The van der Waals surface area contributed by atoms with Crippen LogP contribution in [0.3, 0.4) is 0 Å². The summed E-state index contributed by atoms with van der Waals surface area (Å²) in [6, 6.07) is 15.4. The second-order valence-corrected chi connectivity index (χ2v) is 8.46. The van der Waals surface area contributed by atoms with Gasteiger partial charge in [0.2, 0.25) is 0 Å². The van der Waals surface area contributed by atoms with Crippen molar-refractivity contribution >= 4 is 24.1 Å². The molecule has 3 rings (SSSR count). The Morgan fingerprint density at radius 2 is 1.49 bits per heavy atom. The molecule has 0 unspecified atom stereocenters. The number of rotatable bonds is 11. The Kier molecular flexibility index (Phi) is 10.2. The zero-order valence-corrected chi connectivity index (χ0v) is 21.0. The molecule has 2 aromatic rings. The standard InChI is InChI=1S/C28H35NO6/c1-6-17-33-26-25(31-4)20(3)34-28(27(26)32-5)35-29-18-23-11-9-21(10-12-23)7-8-22-13-15-24(16-14-22)19(2)30/h7-16,18,20,25-28H,6,17H2,1-5H3/t20-,25-,26+,27+,28-/m0/s1. The molecule has 1 saturated heterocycles. The number of hydrogen-bond acceptors (Lipinski definition) is 7. The van der Waals surface area contributed by atoms with Crippen LogP contribution >= 0.6 is 0 Å². The Balaban J connectivity index is 1.59. The van der Waals surface area contributed by atoms with Gasteiger partial charge >= 0.3 is 0 Å². The fraction of sp³-hybridized carbons (Fsp3) is 0.429. The van der Waals surface area contributed by atoms with Crippen LogP contribution in [0.4, 0.5) is 0 Å². The molecular formula is C28H35NO6. The van der Waals surface area contributed by atoms with Gasteiger partial charge in [-0.05, 0) is 37.0 Å². The van der Waals surface area contributed by atoms with E-state index in [9.17, 15) is 4.79 Å². The molecule has 0 radical (unpaired) electrons. The summed E-state index contributed by atoms with van der Waals surface area (Å²) in [6.45, 7) is 6.14. The molecule has 0 N–H and O–H groups in total. The third-order valence-electron chi connectivity index (χ3n) is 5.87. The zero-order chi connectivity index (χ0) is 25.2. The van der Waals surface area contributed by atoms with Crippen molar-refractivity contribution in [2.75, 3.05) is 20.8 Å². The molecule has 35 heavy (non-hydrogen) atoms. The first kappa shape index (κ1) is 26.8. The van der Waals surface area contributed by atoms with E-state index in [1.54, 1.807) is 27.4 Å². The summed E-state index contributed by atoms with van der Waals surface area (Å²) in [4.78, 5) is 17.1. The van der Waals surface area contributed by atoms with Gasteiger partial charge in [-0.25, -0.2) is 0 Å². The van der Waals surface area contributed by atoms with Crippen molar-refractivity contribution in [3.8, 4) is 0 Å². The molecule has 0 saturated carbocycles. The molecule has 7 heteroatoms. The highest BCUT2D eigenvalue weighted by Crippen LogP contribution is 2.28. The first-order valence-corrected chi connectivity index (χ1v) is 11.9. The van der Waals surface area contributed by atoms with Crippen LogP contribution in [-0.2, 0) is 23.8 Å². The summed E-state index contributed by atoms with van der Waals surface area (Å²) in [5.41, 5.74) is 3.67. The summed E-state index contributed by atoms with van der Waals surface area (Å²) in [5.74, 6) is 0.0629. The number of nitrogens with zero attached hydrogens (tertiary/aromatic N) is 1. The number of ketones is 1. The van der Waals surface area contributed by atoms with Gasteiger partial charge in [-0.3, -0.25) is 4.79 Å².